The molecule has 0 saturated carbocycles. The summed E-state index contributed by atoms with van der Waals surface area (Å²) in [6, 6.07) is 0. The lowest BCUT2D eigenvalue weighted by Gasteiger charge is -2.39. The van der Waals surface area contributed by atoms with Gasteiger partial charge >= 0.3 is 41.5 Å². The predicted molar refractivity (Wildman–Crippen MR) is 107 cm³/mol. The molecule has 1 aliphatic heterocycles. The molecule has 3 N–H and O–H groups in total. The zero-order valence-corrected chi connectivity index (χ0v) is 20.0. The van der Waals surface area contributed by atoms with Crippen LogP contribution < -0.4 is 11.2 Å². The summed E-state index contributed by atoms with van der Waals surface area (Å²) in [6.45, 7) is -2.27. The number of hydrogen-bond acceptors (Lipinski definition) is 7. The smallest absolute Gasteiger partial charge is 0.394 e. The fourth-order valence-corrected chi connectivity index (χ4v) is 3.68. The summed E-state index contributed by atoms with van der Waals surface area (Å²) in [5.41, 5.74) is -3.43. The van der Waals surface area contributed by atoms with E-state index in [0.29, 0.717) is 10.8 Å². The Morgan fingerprint density at radius 2 is 1.48 bits per heavy atom. The molecule has 0 amide bonds. The van der Waals surface area contributed by atoms with Gasteiger partial charge in [0.25, 0.3) is 5.56 Å². The molecule has 3 heterocycles. The minimum Gasteiger partial charge on any atom is -0.394 e. The summed E-state index contributed by atoms with van der Waals surface area (Å²) >= 11 is 0. The van der Waals surface area contributed by atoms with Crippen LogP contribution in [0.2, 0.25) is 0 Å². The number of alkyl halides is 13. The summed E-state index contributed by atoms with van der Waals surface area (Å²) in [5, 5.41) is 25.4. The van der Waals surface area contributed by atoms with E-state index in [4.69, 9.17) is 9.84 Å². The summed E-state index contributed by atoms with van der Waals surface area (Å²) in [7, 11) is 0. The Hall–Kier alpha value is -3.21. The number of rotatable bonds is 10. The van der Waals surface area contributed by atoms with Crippen LogP contribution in [0.5, 0.6) is 0 Å². The second kappa shape index (κ2) is 10.5. The van der Waals surface area contributed by atoms with E-state index >= 15 is 0 Å². The number of H-pyrrole nitrogens is 1. The molecule has 0 aromatic carbocycles. The molecule has 0 unspecified atom stereocenters. The fraction of sp³-hybridized carbons (Fsp3) is 0.684. The van der Waals surface area contributed by atoms with Crippen molar-refractivity contribution in [3.05, 3.63) is 33.2 Å². The standard InChI is InChI=1S/C19H16F13N5O5/c20-14(21,15(22,23)16(24,25)17(26,27)18(28,29)19(30,31)32)1-2-36-5-8(34-35-36)7-4-37(13(41)33-12(7)40)11-3-9(39)10(6-38)42-11/h4-5,9-11,38-39H,1-3,6H2,(H,33,40,41)/t9-,10+,11+/m0/s1. The monoisotopic (exact) mass is 641 g/mol. The van der Waals surface area contributed by atoms with E-state index in [2.05, 4.69) is 10.3 Å². The Labute approximate surface area is 222 Å². The molecule has 0 bridgehead atoms. The number of halogens is 13. The minimum absolute atomic E-state index is 0.173. The van der Waals surface area contributed by atoms with Gasteiger partial charge in [0.05, 0.1) is 24.5 Å². The van der Waals surface area contributed by atoms with Crippen LogP contribution in [0.15, 0.2) is 22.0 Å². The Morgan fingerprint density at radius 1 is 0.905 bits per heavy atom. The lowest BCUT2D eigenvalue weighted by molar-refractivity contribution is -0.440. The number of nitrogens with one attached hydrogen (secondary N) is 1. The highest BCUT2D eigenvalue weighted by Gasteiger charge is 2.90. The van der Waals surface area contributed by atoms with Crippen LogP contribution in [-0.4, -0.2) is 89.4 Å². The van der Waals surface area contributed by atoms with Crippen LogP contribution in [0.1, 0.15) is 19.1 Å². The molecule has 1 aliphatic rings. The Bertz CT molecular complexity index is 1400. The van der Waals surface area contributed by atoms with Gasteiger partial charge in [0, 0.05) is 25.6 Å². The average molecular weight is 641 g/mol. The number of aromatic nitrogens is 5. The lowest BCUT2D eigenvalue weighted by atomic mass is 9.92. The first kappa shape index (κ1) is 33.3. The second-order valence-electron chi connectivity index (χ2n) is 8.94. The number of aryl methyl sites for hydroxylation is 1. The third-order valence-electron chi connectivity index (χ3n) is 6.13. The van der Waals surface area contributed by atoms with Crippen LogP contribution in [-0.2, 0) is 11.3 Å². The first-order valence-electron chi connectivity index (χ1n) is 11.1. The molecule has 2 aromatic rings. The van der Waals surface area contributed by atoms with E-state index < -0.39 is 96.3 Å². The summed E-state index contributed by atoms with van der Waals surface area (Å²) in [5.74, 6) is -37.6. The van der Waals surface area contributed by atoms with Crippen molar-refractivity contribution in [1.29, 1.82) is 0 Å². The minimum atomic E-state index is -8.02. The van der Waals surface area contributed by atoms with Gasteiger partial charge in [-0.05, 0) is 0 Å². The van der Waals surface area contributed by atoms with Gasteiger partial charge in [-0.2, -0.15) is 57.1 Å². The van der Waals surface area contributed by atoms with Crippen LogP contribution in [0.25, 0.3) is 11.3 Å². The van der Waals surface area contributed by atoms with Gasteiger partial charge in [0.1, 0.15) is 18.0 Å². The highest BCUT2D eigenvalue weighted by molar-refractivity contribution is 5.54. The van der Waals surface area contributed by atoms with Gasteiger partial charge in [-0.3, -0.25) is 19.0 Å². The Kier molecular flexibility index (Phi) is 8.32. The molecule has 1 saturated heterocycles. The summed E-state index contributed by atoms with van der Waals surface area (Å²) in [6.07, 6.45) is -12.7. The molecule has 1 fully saturated rings. The van der Waals surface area contributed by atoms with Crippen molar-refractivity contribution in [2.75, 3.05) is 6.61 Å². The van der Waals surface area contributed by atoms with Crippen LogP contribution in [0, 0.1) is 0 Å². The third kappa shape index (κ3) is 5.24. The molecule has 23 heteroatoms. The van der Waals surface area contributed by atoms with Crippen LogP contribution in [0.4, 0.5) is 57.1 Å². The SMILES string of the molecule is O=c1[nH]c(=O)n([C@H]2C[C@H](O)[C@@H](CO)O2)cc1-c1cn(CCC(F)(F)C(F)(F)C(F)(F)C(F)(F)C(F)(F)C(F)(F)F)nn1. The van der Waals surface area contributed by atoms with E-state index in [1.54, 1.807) is 4.98 Å². The maximum atomic E-state index is 14.1. The van der Waals surface area contributed by atoms with E-state index in [0.717, 1.165) is 6.20 Å². The number of aromatic amines is 1. The fourth-order valence-electron chi connectivity index (χ4n) is 3.68. The maximum Gasteiger partial charge on any atom is 0.460 e. The highest BCUT2D eigenvalue weighted by Crippen LogP contribution is 2.60. The van der Waals surface area contributed by atoms with E-state index in [1.807, 2.05) is 0 Å². The van der Waals surface area contributed by atoms with E-state index in [1.165, 1.54) is 0 Å². The molecule has 0 radical (unpaired) electrons. The van der Waals surface area contributed by atoms with Crippen LogP contribution >= 0.6 is 0 Å². The lowest BCUT2D eigenvalue weighted by Crippen LogP contribution is -2.70. The number of aliphatic hydroxyl groups excluding tert-OH is 2. The Morgan fingerprint density at radius 3 is 2.00 bits per heavy atom. The van der Waals surface area contributed by atoms with Gasteiger partial charge in [0.15, 0.2) is 0 Å². The molecule has 3 rings (SSSR count). The number of aliphatic hydroxyl groups is 2. The Balaban J connectivity index is 1.85. The van der Waals surface area contributed by atoms with Gasteiger partial charge < -0.3 is 14.9 Å². The molecule has 0 spiro atoms. The summed E-state index contributed by atoms with van der Waals surface area (Å²) < 4.78 is 179. The topological polar surface area (TPSA) is 135 Å². The van der Waals surface area contributed by atoms with Crippen molar-refractivity contribution < 1.29 is 72.0 Å². The van der Waals surface area contributed by atoms with Crippen molar-refractivity contribution in [1.82, 2.24) is 24.5 Å². The molecule has 10 nitrogen and oxygen atoms in total. The summed E-state index contributed by atoms with van der Waals surface area (Å²) in [4.78, 5) is 26.2. The molecule has 3 atom stereocenters. The number of nitrogens with zero attached hydrogens (tertiary/aromatic N) is 4. The van der Waals surface area contributed by atoms with Gasteiger partial charge in [-0.1, -0.05) is 5.21 Å². The molecule has 0 aliphatic carbocycles. The molecular weight excluding hydrogens is 625 g/mol. The predicted octanol–water partition coefficient (Wildman–Crippen LogP) is 2.56. The van der Waals surface area contributed by atoms with E-state index in [-0.39, 0.29) is 11.1 Å². The normalized spacial score (nSPS) is 21.3. The highest BCUT2D eigenvalue weighted by atomic mass is 19.4. The quantitative estimate of drug-likeness (QED) is 0.340. The zero-order chi connectivity index (χ0) is 32.3. The van der Waals surface area contributed by atoms with Gasteiger partial charge in [-0.25, -0.2) is 4.79 Å². The van der Waals surface area contributed by atoms with Gasteiger partial charge in [-0.15, -0.1) is 5.10 Å². The zero-order valence-electron chi connectivity index (χ0n) is 20.0. The molecule has 238 valence electrons. The van der Waals surface area contributed by atoms with Crippen molar-refractivity contribution in [3.63, 3.8) is 0 Å². The maximum absolute atomic E-state index is 14.1. The van der Waals surface area contributed by atoms with Crippen molar-refractivity contribution in [2.45, 2.75) is 73.6 Å². The first-order valence-corrected chi connectivity index (χ1v) is 11.1. The number of ether oxygens (including phenoxy) is 1. The molecule has 42 heavy (non-hydrogen) atoms. The second-order valence-corrected chi connectivity index (χ2v) is 8.94. The first-order chi connectivity index (χ1) is 18.9. The number of hydrogen-bond donors (Lipinski definition) is 3. The van der Waals surface area contributed by atoms with Crippen molar-refractivity contribution in [3.8, 4) is 11.3 Å². The third-order valence-corrected chi connectivity index (χ3v) is 6.13. The average Bonchev–Trinajstić information content (AvgIpc) is 3.48. The molecular formula is C19H16F13N5O5. The van der Waals surface area contributed by atoms with Crippen molar-refractivity contribution >= 4 is 0 Å². The van der Waals surface area contributed by atoms with Gasteiger partial charge in [0.2, 0.25) is 0 Å². The largest absolute Gasteiger partial charge is 0.460 e. The molecule has 2 aromatic heterocycles. The van der Waals surface area contributed by atoms with Crippen molar-refractivity contribution in [2.24, 2.45) is 0 Å². The van der Waals surface area contributed by atoms with E-state index in [9.17, 15) is 71.8 Å². The van der Waals surface area contributed by atoms with Crippen LogP contribution in [0.3, 0.4) is 0 Å².